The van der Waals surface area contributed by atoms with Crippen molar-refractivity contribution in [2.45, 2.75) is 53.3 Å². The zero-order valence-electron chi connectivity index (χ0n) is 31.4. The molecular weight excluding hydrogens is 800 g/mol. The number of aromatic nitrogens is 4. The average molecular weight is 840 g/mol. The molecule has 4 aromatic carbocycles. The Kier molecular flexibility index (Phi) is 8.99. The van der Waals surface area contributed by atoms with Crippen molar-refractivity contribution in [3.8, 4) is 28.3 Å². The van der Waals surface area contributed by atoms with E-state index in [1.807, 2.05) is 31.2 Å². The van der Waals surface area contributed by atoms with Gasteiger partial charge in [0.05, 0.1) is 16.9 Å². The van der Waals surface area contributed by atoms with Crippen molar-refractivity contribution in [1.82, 2.24) is 19.5 Å². The van der Waals surface area contributed by atoms with Gasteiger partial charge >= 0.3 is 0 Å². The van der Waals surface area contributed by atoms with E-state index in [9.17, 15) is 4.39 Å². The van der Waals surface area contributed by atoms with Crippen LogP contribution in [0.2, 0.25) is 0 Å². The Morgan fingerprint density at radius 3 is 2.28 bits per heavy atom. The molecule has 0 unspecified atom stereocenters. The van der Waals surface area contributed by atoms with Crippen LogP contribution in [-0.2, 0) is 20.1 Å². The molecule has 0 saturated carbocycles. The normalized spacial score (nSPS) is 12.4. The first-order chi connectivity index (χ1) is 24.9. The van der Waals surface area contributed by atoms with Crippen LogP contribution in [0.15, 0.2) is 108 Å². The fraction of sp³-hybridized carbons (Fsp3) is 0.186. The van der Waals surface area contributed by atoms with Gasteiger partial charge in [0.2, 0.25) is 0 Å². The number of furan rings is 1. The number of hydrogen-bond acceptors (Lipinski definition) is 4. The molecule has 4 heterocycles. The summed E-state index contributed by atoms with van der Waals surface area (Å²) >= 11 is 0. The second-order valence-corrected chi connectivity index (χ2v) is 12.7. The first-order valence-corrected chi connectivity index (χ1v) is 16.4. The van der Waals surface area contributed by atoms with Crippen molar-refractivity contribution in [1.29, 1.82) is 0 Å². The van der Waals surface area contributed by atoms with Crippen molar-refractivity contribution in [2.75, 3.05) is 0 Å². The third kappa shape index (κ3) is 6.64. The van der Waals surface area contributed by atoms with E-state index < -0.39 is 6.85 Å². The quantitative estimate of drug-likeness (QED) is 0.162. The van der Waals surface area contributed by atoms with E-state index in [2.05, 4.69) is 91.8 Å². The average Bonchev–Trinajstić information content (AvgIpc) is 3.69. The molecule has 0 spiro atoms. The molecule has 7 heteroatoms. The maximum atomic E-state index is 12.7. The number of halogens is 1. The summed E-state index contributed by atoms with van der Waals surface area (Å²) in [5, 5.41) is 2.16. The smallest absolute Gasteiger partial charge is 0.168 e. The molecule has 0 fully saturated rings. The van der Waals surface area contributed by atoms with Crippen molar-refractivity contribution in [3.05, 3.63) is 144 Å². The number of aryl methyl sites for hydroxylation is 2. The molecule has 0 aliphatic heterocycles. The summed E-state index contributed by atoms with van der Waals surface area (Å²) in [6, 6.07) is 36.4. The molecule has 0 saturated heterocycles. The van der Waals surface area contributed by atoms with E-state index >= 15 is 0 Å². The van der Waals surface area contributed by atoms with Crippen molar-refractivity contribution in [3.63, 3.8) is 0 Å². The van der Waals surface area contributed by atoms with Crippen LogP contribution >= 0.6 is 0 Å². The van der Waals surface area contributed by atoms with Crippen LogP contribution in [0.4, 0.5) is 4.39 Å². The fourth-order valence-corrected chi connectivity index (χ4v) is 6.20. The monoisotopic (exact) mass is 840 g/mol. The Bertz CT molecular complexity index is 2510. The molecule has 0 aliphatic rings. The van der Waals surface area contributed by atoms with Gasteiger partial charge in [0, 0.05) is 53.0 Å². The molecule has 8 aromatic rings. The summed E-state index contributed by atoms with van der Waals surface area (Å²) in [5.41, 5.74) is 10.3. The Labute approximate surface area is 309 Å². The van der Waals surface area contributed by atoms with Crippen LogP contribution in [0, 0.1) is 31.7 Å². The zero-order chi connectivity index (χ0) is 36.7. The third-order valence-electron chi connectivity index (χ3n) is 8.60. The van der Waals surface area contributed by atoms with Gasteiger partial charge in [-0.05, 0) is 66.2 Å². The van der Waals surface area contributed by atoms with Gasteiger partial charge in [-0.2, -0.15) is 0 Å². The number of benzene rings is 4. The second kappa shape index (κ2) is 14.5. The standard InChI is InChI=1S/C31H28N3O.C12H9FN.Ir/c1-18(2)21-11-8-12-22(19(3)4)28(21)34-26-17-16-20(5)32-30(26)33-31(34)25-14-9-13-24-23-10-6-7-15-27(23)35-29(24)25;1-9-2-7-12(14-8-9)10-3-5-11(13)6-4-10;/h6-13,15-19H,1-5H3;2-3,5-8H,1H3;/q2*-1;/i;1D3;. The third-order valence-corrected chi connectivity index (χ3v) is 8.60. The molecule has 0 atom stereocenters. The SMILES string of the molecule is Cc1ccc2c(n1)nc(-c1[c-]ccc3c1oc1ccccc13)n2-c1c(C(C)C)cccc1C(C)C.[2H]C([2H])([2H])c1ccc(-c2[c-]cc(F)cc2)nc1.[Ir]. The number of hydrogen-bond donors (Lipinski definition) is 0. The van der Waals surface area contributed by atoms with Gasteiger partial charge in [0.15, 0.2) is 5.65 Å². The Morgan fingerprint density at radius 2 is 1.60 bits per heavy atom. The maximum Gasteiger partial charge on any atom is 0.168 e. The first kappa shape index (κ1) is 31.0. The summed E-state index contributed by atoms with van der Waals surface area (Å²) in [4.78, 5) is 13.9. The van der Waals surface area contributed by atoms with Gasteiger partial charge in [-0.15, -0.1) is 48.0 Å². The number of imidazole rings is 1. The Morgan fingerprint density at radius 1 is 0.820 bits per heavy atom. The summed E-state index contributed by atoms with van der Waals surface area (Å²) in [6.07, 6.45) is 1.31. The van der Waals surface area contributed by atoms with Gasteiger partial charge in [-0.25, -0.2) is 4.98 Å². The molecule has 0 aliphatic carbocycles. The summed E-state index contributed by atoms with van der Waals surface area (Å²) < 4.78 is 43.0. The van der Waals surface area contributed by atoms with Crippen LogP contribution in [0.25, 0.3) is 61.4 Å². The van der Waals surface area contributed by atoms with E-state index in [-0.39, 0.29) is 31.5 Å². The summed E-state index contributed by atoms with van der Waals surface area (Å²) in [7, 11) is 0. The Hall–Kier alpha value is -4.97. The second-order valence-electron chi connectivity index (χ2n) is 12.7. The van der Waals surface area contributed by atoms with Gasteiger partial charge in [0.1, 0.15) is 5.58 Å². The first-order valence-electron chi connectivity index (χ1n) is 17.9. The number of pyridine rings is 2. The van der Waals surface area contributed by atoms with Crippen LogP contribution in [0.3, 0.4) is 0 Å². The fourth-order valence-electron chi connectivity index (χ4n) is 6.20. The number of nitrogens with zero attached hydrogens (tertiary/aromatic N) is 4. The van der Waals surface area contributed by atoms with Gasteiger partial charge in [-0.1, -0.05) is 87.2 Å². The van der Waals surface area contributed by atoms with Crippen LogP contribution < -0.4 is 0 Å². The van der Waals surface area contributed by atoms with E-state index in [1.54, 1.807) is 12.1 Å². The molecule has 8 rings (SSSR count). The van der Waals surface area contributed by atoms with Crippen molar-refractivity contribution < 1.29 is 33.0 Å². The molecule has 1 radical (unpaired) electrons. The maximum absolute atomic E-state index is 12.7. The van der Waals surface area contributed by atoms with Gasteiger partial charge in [0.25, 0.3) is 0 Å². The molecule has 5 nitrogen and oxygen atoms in total. The molecule has 0 bridgehead atoms. The largest absolute Gasteiger partial charge is 0.501 e. The Balaban J connectivity index is 0.000000226. The van der Waals surface area contributed by atoms with Crippen LogP contribution in [-0.4, -0.2) is 19.5 Å². The number of fused-ring (bicyclic) bond motifs is 4. The predicted molar refractivity (Wildman–Crippen MR) is 197 cm³/mol. The van der Waals surface area contributed by atoms with Gasteiger partial charge in [-0.3, -0.25) is 9.37 Å². The van der Waals surface area contributed by atoms with E-state index in [1.165, 1.54) is 41.2 Å². The molecule has 0 N–H and O–H groups in total. The van der Waals surface area contributed by atoms with Crippen LogP contribution in [0.5, 0.6) is 0 Å². The molecular formula is C43H37FIrN4O-2. The molecule has 0 amide bonds. The molecule has 253 valence electrons. The van der Waals surface area contributed by atoms with E-state index in [0.29, 0.717) is 23.1 Å². The van der Waals surface area contributed by atoms with E-state index in [0.717, 1.165) is 50.2 Å². The van der Waals surface area contributed by atoms with Crippen LogP contribution in [0.1, 0.15) is 66.0 Å². The number of rotatable bonds is 5. The van der Waals surface area contributed by atoms with Crippen molar-refractivity contribution in [2.24, 2.45) is 0 Å². The minimum absolute atomic E-state index is 0. The topological polar surface area (TPSA) is 56.7 Å². The predicted octanol–water partition coefficient (Wildman–Crippen LogP) is 11.3. The minimum Gasteiger partial charge on any atom is -0.501 e. The molecule has 50 heavy (non-hydrogen) atoms. The zero-order valence-corrected chi connectivity index (χ0v) is 30.8. The summed E-state index contributed by atoms with van der Waals surface area (Å²) in [5.74, 6) is 1.13. The minimum atomic E-state index is -2.15. The van der Waals surface area contributed by atoms with E-state index in [4.69, 9.17) is 18.5 Å². The van der Waals surface area contributed by atoms with Crippen molar-refractivity contribution >= 4 is 33.1 Å². The van der Waals surface area contributed by atoms with Gasteiger partial charge < -0.3 is 14.0 Å². The number of para-hydroxylation sites is 2. The summed E-state index contributed by atoms with van der Waals surface area (Å²) in [6.45, 7) is 8.84. The molecule has 4 aromatic heterocycles.